The standard InChI is InChI=1S/C89H132N10O31/c1-58(100)97-80-84(127-64(7)106)82(125-62(5)104)71(53-122-60(3)102)129-86(80)120-47-16-14-25-73(108)92-42-20-44-94-77(112)38-51-118-56-88(55-117-50-37-76(111)91-41-19-40-90,99-79(114)28-18-27-75(110)96-46-22-49-124-89(66-23-12-11-13-24-66,67-29-33-69(115-9)34-30-67)68-31-35-70(116-10)36-32-68)57-119-52-39-78(113)95-45-21-43-93-74(109)26-15-17-48-121-87-81(98-59(2)101)85(128-65(8)107)83(126-63(6)105)72(130-87)54-123-61(4)103/h11-13,23-24,29-36,71-72,80-87H,14-22,25-28,37-57,90H2,1-10H3,(H,91,111)(H,92,108)(H,93,109)(H,94,112)(H,95,113)(H,96,110)(H,97,100)(H,98,101)(H,99,114)/t71-,72-,80-,81-,82+,83+,84-,85-,86-,87-/m1/s1. The van der Waals surface area contributed by atoms with E-state index in [1.807, 2.05) is 78.9 Å². The molecule has 0 aliphatic carbocycles. The fraction of sp³-hybridized carbons (Fsp3) is 0.629. The van der Waals surface area contributed by atoms with Crippen LogP contribution >= 0.6 is 0 Å². The molecule has 10 atom stereocenters. The molecule has 724 valence electrons. The summed E-state index contributed by atoms with van der Waals surface area (Å²) in [6.07, 6.45) is -7.42. The van der Waals surface area contributed by atoms with Crippen LogP contribution in [0.2, 0.25) is 0 Å². The second-order valence-electron chi connectivity index (χ2n) is 30.8. The number of esters is 6. The molecule has 41 nitrogen and oxygen atoms in total. The van der Waals surface area contributed by atoms with Gasteiger partial charge >= 0.3 is 35.8 Å². The lowest BCUT2D eigenvalue weighted by atomic mass is 9.80. The zero-order valence-electron chi connectivity index (χ0n) is 76.1. The molecule has 41 heteroatoms. The van der Waals surface area contributed by atoms with Crippen LogP contribution in [0.1, 0.15) is 175 Å². The maximum Gasteiger partial charge on any atom is 0.303 e. The molecule has 2 aliphatic rings. The molecule has 0 radical (unpaired) electrons. The molecule has 0 unspecified atom stereocenters. The van der Waals surface area contributed by atoms with Crippen molar-refractivity contribution < 1.29 is 148 Å². The molecule has 2 saturated heterocycles. The Bertz CT molecular complexity index is 3840. The van der Waals surface area contributed by atoms with Crippen molar-refractivity contribution in [2.45, 2.75) is 231 Å². The lowest BCUT2D eigenvalue weighted by Crippen LogP contribution is -2.66. The average Bonchev–Trinajstić information content (AvgIpc) is 0.751. The quantitative estimate of drug-likeness (QED) is 0.0167. The highest BCUT2D eigenvalue weighted by Crippen LogP contribution is 2.42. The van der Waals surface area contributed by atoms with E-state index in [0.29, 0.717) is 76.0 Å². The van der Waals surface area contributed by atoms with Crippen LogP contribution in [0.15, 0.2) is 78.9 Å². The Kier molecular flexibility index (Phi) is 51.2. The summed E-state index contributed by atoms with van der Waals surface area (Å²) in [6, 6.07) is 22.7. The van der Waals surface area contributed by atoms with Crippen molar-refractivity contribution in [3.05, 3.63) is 95.6 Å². The van der Waals surface area contributed by atoms with Crippen molar-refractivity contribution in [2.24, 2.45) is 5.73 Å². The lowest BCUT2D eigenvalue weighted by Gasteiger charge is -2.44. The van der Waals surface area contributed by atoms with Gasteiger partial charge in [-0.2, -0.15) is 0 Å². The van der Waals surface area contributed by atoms with Crippen molar-refractivity contribution in [3.8, 4) is 11.5 Å². The SMILES string of the molecule is COc1ccc(C(OCCCNC(=O)CCCC(=O)NC(COCCC(=O)NCCCN)(COCCC(=O)NCCCNC(=O)CCCCO[C@@H]2O[C@H](COC(C)=O)[C@H](OC(C)=O)[C@H](OC(C)=O)[C@H]2NC(C)=O)COCCC(=O)NCCCNC(=O)CCCCO[C@@H]2O[C@H](COC(C)=O)[C@H](OC(C)=O)[C@H](OC(C)=O)[C@H]2NC(C)=O)(c2ccccc2)c2ccc(OC)cc2)cc1. The van der Waals surface area contributed by atoms with E-state index in [-0.39, 0.29) is 167 Å². The van der Waals surface area contributed by atoms with Gasteiger partial charge in [0.25, 0.3) is 0 Å². The van der Waals surface area contributed by atoms with Crippen LogP contribution in [0.3, 0.4) is 0 Å². The van der Waals surface area contributed by atoms with Crippen LogP contribution in [0, 0.1) is 0 Å². The molecule has 0 spiro atoms. The number of amides is 9. The number of ether oxygens (including phenoxy) is 16. The number of methoxy groups -OCH3 is 2. The van der Waals surface area contributed by atoms with Crippen LogP contribution in [-0.4, -0.2) is 289 Å². The topological polar surface area (TPSA) is 538 Å². The number of carbonyl (C=O) groups is 15. The number of benzene rings is 3. The predicted molar refractivity (Wildman–Crippen MR) is 462 cm³/mol. The molecule has 5 rings (SSSR count). The Morgan fingerprint density at radius 2 is 0.692 bits per heavy atom. The van der Waals surface area contributed by atoms with Crippen molar-refractivity contribution in [1.82, 2.24) is 47.9 Å². The summed E-state index contributed by atoms with van der Waals surface area (Å²) < 4.78 is 92.5. The smallest absolute Gasteiger partial charge is 0.303 e. The van der Waals surface area contributed by atoms with Gasteiger partial charge in [-0.15, -0.1) is 0 Å². The first-order valence-corrected chi connectivity index (χ1v) is 43.7. The third-order valence-electron chi connectivity index (χ3n) is 19.9. The van der Waals surface area contributed by atoms with E-state index >= 15 is 0 Å². The Morgan fingerprint density at radius 1 is 0.354 bits per heavy atom. The molecule has 2 fully saturated rings. The van der Waals surface area contributed by atoms with Gasteiger partial charge in [-0.3, -0.25) is 71.9 Å². The Balaban J connectivity index is 1.17. The third kappa shape index (κ3) is 41.8. The van der Waals surface area contributed by atoms with E-state index in [2.05, 4.69) is 47.9 Å². The van der Waals surface area contributed by atoms with Crippen molar-refractivity contribution in [3.63, 3.8) is 0 Å². The normalized spacial score (nSPS) is 18.2. The van der Waals surface area contributed by atoms with Crippen molar-refractivity contribution >= 4 is 89.0 Å². The number of unbranched alkanes of at least 4 members (excludes halogenated alkanes) is 2. The van der Waals surface area contributed by atoms with Gasteiger partial charge in [-0.25, -0.2) is 0 Å². The number of hydrogen-bond donors (Lipinski definition) is 10. The summed E-state index contributed by atoms with van der Waals surface area (Å²) in [6.45, 7) is 8.94. The fourth-order valence-corrected chi connectivity index (χ4v) is 13.9. The van der Waals surface area contributed by atoms with Crippen LogP contribution in [-0.2, 0) is 144 Å². The lowest BCUT2D eigenvalue weighted by molar-refractivity contribution is -0.277. The molecule has 2 heterocycles. The molecular formula is C89H132N10O31. The van der Waals surface area contributed by atoms with Crippen LogP contribution < -0.4 is 63.1 Å². The van der Waals surface area contributed by atoms with Gasteiger partial charge in [0.05, 0.1) is 60.5 Å². The molecule has 130 heavy (non-hydrogen) atoms. The van der Waals surface area contributed by atoms with E-state index in [4.69, 9.17) is 81.5 Å². The molecule has 0 saturated carbocycles. The molecule has 0 bridgehead atoms. The van der Waals surface area contributed by atoms with Gasteiger partial charge in [-0.05, 0) is 105 Å². The molecule has 11 N–H and O–H groups in total. The average molecular weight is 1840 g/mol. The minimum atomic E-state index is -1.51. The molecule has 0 aromatic heterocycles. The summed E-state index contributed by atoms with van der Waals surface area (Å²) in [4.78, 5) is 190. The zero-order valence-corrected chi connectivity index (χ0v) is 76.1. The molecule has 2 aliphatic heterocycles. The number of rotatable bonds is 63. The summed E-state index contributed by atoms with van der Waals surface area (Å²) in [5.74, 6) is -6.71. The Morgan fingerprint density at radius 3 is 1.05 bits per heavy atom. The predicted octanol–water partition coefficient (Wildman–Crippen LogP) is 2.16. The van der Waals surface area contributed by atoms with Crippen molar-refractivity contribution in [1.29, 1.82) is 0 Å². The van der Waals surface area contributed by atoms with Gasteiger partial charge < -0.3 is 129 Å². The largest absolute Gasteiger partial charge is 0.497 e. The Labute approximate surface area is 757 Å². The Hall–Kier alpha value is -11.1. The first-order valence-electron chi connectivity index (χ1n) is 43.7. The van der Waals surface area contributed by atoms with E-state index in [1.54, 1.807) is 14.2 Å². The van der Waals surface area contributed by atoms with E-state index in [9.17, 15) is 71.9 Å². The van der Waals surface area contributed by atoms with Gasteiger partial charge in [0.2, 0.25) is 53.2 Å². The van der Waals surface area contributed by atoms with Gasteiger partial charge in [0.15, 0.2) is 37.0 Å². The highest BCUT2D eigenvalue weighted by molar-refractivity contribution is 5.81. The zero-order chi connectivity index (χ0) is 95.2. The summed E-state index contributed by atoms with van der Waals surface area (Å²) in [5.41, 5.74) is 5.57. The minimum Gasteiger partial charge on any atom is -0.497 e. The van der Waals surface area contributed by atoms with E-state index < -0.39 is 151 Å². The molecule has 9 amide bonds. The second kappa shape index (κ2) is 60.8. The van der Waals surface area contributed by atoms with Gasteiger partial charge in [0.1, 0.15) is 60.1 Å². The van der Waals surface area contributed by atoms with Crippen molar-refractivity contribution in [2.75, 3.05) is 133 Å². The summed E-state index contributed by atoms with van der Waals surface area (Å²) >= 11 is 0. The number of nitrogens with two attached hydrogens (primary N) is 1. The van der Waals surface area contributed by atoms with Gasteiger partial charge in [-0.1, -0.05) is 54.6 Å². The summed E-state index contributed by atoms with van der Waals surface area (Å²) in [5, 5.41) is 25.2. The minimum absolute atomic E-state index is 0.00312. The molecular weight excluding hydrogens is 1710 g/mol. The monoisotopic (exact) mass is 1840 g/mol. The second-order valence-corrected chi connectivity index (χ2v) is 30.8. The number of nitrogens with one attached hydrogen (secondary N) is 9. The first-order chi connectivity index (χ1) is 62.3. The summed E-state index contributed by atoms with van der Waals surface area (Å²) in [7, 11) is 3.18. The molecule has 3 aromatic rings. The van der Waals surface area contributed by atoms with Crippen LogP contribution in [0.4, 0.5) is 0 Å². The highest BCUT2D eigenvalue weighted by Gasteiger charge is 2.53. The van der Waals surface area contributed by atoms with E-state index in [0.717, 1.165) is 58.2 Å². The maximum absolute atomic E-state index is 14.2. The highest BCUT2D eigenvalue weighted by atomic mass is 16.7. The maximum atomic E-state index is 14.2. The van der Waals surface area contributed by atoms with Gasteiger partial charge in [0, 0.05) is 153 Å². The number of hydrogen-bond acceptors (Lipinski definition) is 32. The van der Waals surface area contributed by atoms with Crippen LogP contribution in [0.25, 0.3) is 0 Å². The fourth-order valence-electron chi connectivity index (χ4n) is 13.9. The third-order valence-corrected chi connectivity index (χ3v) is 19.9. The van der Waals surface area contributed by atoms with E-state index in [1.165, 1.54) is 13.8 Å². The first kappa shape index (κ1) is 109. The molecule has 3 aromatic carbocycles. The van der Waals surface area contributed by atoms with Crippen LogP contribution in [0.5, 0.6) is 11.5 Å². The number of carbonyl (C=O) groups excluding carboxylic acids is 15.